The molecule has 0 bridgehead atoms. The molecule has 0 saturated carbocycles. The fraction of sp³-hybridized carbons (Fsp3) is 0.857. The highest BCUT2D eigenvalue weighted by Crippen LogP contribution is 2.13. The van der Waals surface area contributed by atoms with Crippen molar-refractivity contribution in [2.24, 2.45) is 5.92 Å². The smallest absolute Gasteiger partial charge is 0.0755 e. The number of likely N-dealkylation sites (tertiary alicyclic amines) is 1. The van der Waals surface area contributed by atoms with E-state index in [1.165, 1.54) is 0 Å². The van der Waals surface area contributed by atoms with Gasteiger partial charge in [0.05, 0.1) is 12.0 Å². The summed E-state index contributed by atoms with van der Waals surface area (Å²) in [6.45, 7) is 1.90. The van der Waals surface area contributed by atoms with Gasteiger partial charge in [0.15, 0.2) is 0 Å². The third kappa shape index (κ3) is 1.28. The third-order valence-corrected chi connectivity index (χ3v) is 2.04. The van der Waals surface area contributed by atoms with E-state index >= 15 is 0 Å². The van der Waals surface area contributed by atoms with Crippen molar-refractivity contribution in [3.8, 4) is 6.07 Å². The second kappa shape index (κ2) is 3.00. The summed E-state index contributed by atoms with van der Waals surface area (Å²) in [5, 5.41) is 11.8. The number of nitrogens with one attached hydrogen (secondary N) is 1. The van der Waals surface area contributed by atoms with Gasteiger partial charge in [-0.15, -0.1) is 0 Å². The van der Waals surface area contributed by atoms with Crippen LogP contribution >= 0.6 is 0 Å². The van der Waals surface area contributed by atoms with Crippen molar-refractivity contribution in [3.05, 3.63) is 0 Å². The zero-order valence-electron chi connectivity index (χ0n) is 6.46. The summed E-state index contributed by atoms with van der Waals surface area (Å²) in [4.78, 5) is 2.18. The molecule has 10 heavy (non-hydrogen) atoms. The number of hydrogen-bond acceptors (Lipinski definition) is 3. The van der Waals surface area contributed by atoms with Crippen LogP contribution in [0.25, 0.3) is 0 Å². The molecule has 2 unspecified atom stereocenters. The van der Waals surface area contributed by atoms with Gasteiger partial charge in [-0.25, -0.2) is 0 Å². The van der Waals surface area contributed by atoms with Crippen LogP contribution in [0.3, 0.4) is 0 Å². The number of nitriles is 1. The maximum Gasteiger partial charge on any atom is 0.0755 e. The van der Waals surface area contributed by atoms with Gasteiger partial charge in [0.25, 0.3) is 0 Å². The van der Waals surface area contributed by atoms with Crippen LogP contribution in [0.2, 0.25) is 0 Å². The van der Waals surface area contributed by atoms with Crippen LogP contribution in [0, 0.1) is 17.2 Å². The number of hydrogen-bond donors (Lipinski definition) is 1. The first-order chi connectivity index (χ1) is 4.77. The molecule has 0 aromatic rings. The van der Waals surface area contributed by atoms with Gasteiger partial charge in [-0.3, -0.25) is 0 Å². The summed E-state index contributed by atoms with van der Waals surface area (Å²) in [7, 11) is 3.95. The molecule has 3 nitrogen and oxygen atoms in total. The van der Waals surface area contributed by atoms with Crippen molar-refractivity contribution >= 4 is 0 Å². The summed E-state index contributed by atoms with van der Waals surface area (Å²) in [6.07, 6.45) is 0. The lowest BCUT2D eigenvalue weighted by Crippen LogP contribution is -2.32. The van der Waals surface area contributed by atoms with Gasteiger partial charge in [-0.1, -0.05) is 0 Å². The van der Waals surface area contributed by atoms with Crippen molar-refractivity contribution < 1.29 is 0 Å². The Kier molecular flexibility index (Phi) is 2.25. The zero-order valence-corrected chi connectivity index (χ0v) is 6.46. The van der Waals surface area contributed by atoms with Crippen molar-refractivity contribution in [2.45, 2.75) is 6.04 Å². The molecule has 0 aliphatic carbocycles. The molecule has 0 radical (unpaired) electrons. The van der Waals surface area contributed by atoms with Crippen LogP contribution in [0.15, 0.2) is 0 Å². The van der Waals surface area contributed by atoms with E-state index in [9.17, 15) is 0 Å². The first-order valence-corrected chi connectivity index (χ1v) is 3.53. The number of rotatable bonds is 1. The molecule has 1 heterocycles. The van der Waals surface area contributed by atoms with Crippen molar-refractivity contribution in [1.29, 1.82) is 5.26 Å². The summed E-state index contributed by atoms with van der Waals surface area (Å²) in [5.41, 5.74) is 0. The Balaban J connectivity index is 2.51. The molecule has 1 aliphatic heterocycles. The van der Waals surface area contributed by atoms with Gasteiger partial charge in [-0.2, -0.15) is 5.26 Å². The van der Waals surface area contributed by atoms with Crippen molar-refractivity contribution in [2.75, 3.05) is 27.2 Å². The average Bonchev–Trinajstić information content (AvgIpc) is 2.30. The Morgan fingerprint density at radius 3 is 2.70 bits per heavy atom. The Hall–Kier alpha value is -0.590. The summed E-state index contributed by atoms with van der Waals surface area (Å²) in [5.74, 6) is 0.176. The largest absolute Gasteiger partial charge is 0.314 e. The average molecular weight is 139 g/mol. The van der Waals surface area contributed by atoms with E-state index in [2.05, 4.69) is 16.3 Å². The van der Waals surface area contributed by atoms with Crippen LogP contribution in [0.4, 0.5) is 0 Å². The predicted molar refractivity (Wildman–Crippen MR) is 39.4 cm³/mol. The molecule has 1 saturated heterocycles. The second-order valence-electron chi connectivity index (χ2n) is 2.85. The van der Waals surface area contributed by atoms with Crippen molar-refractivity contribution in [1.82, 2.24) is 10.2 Å². The van der Waals surface area contributed by atoms with Gasteiger partial charge in [0.2, 0.25) is 0 Å². The van der Waals surface area contributed by atoms with Crippen LogP contribution in [0.5, 0.6) is 0 Å². The fourth-order valence-electron chi connectivity index (χ4n) is 1.42. The van der Waals surface area contributed by atoms with E-state index in [0.717, 1.165) is 13.1 Å². The maximum absolute atomic E-state index is 8.67. The van der Waals surface area contributed by atoms with E-state index in [1.807, 2.05) is 14.1 Å². The van der Waals surface area contributed by atoms with E-state index in [4.69, 9.17) is 5.26 Å². The van der Waals surface area contributed by atoms with Crippen LogP contribution in [-0.4, -0.2) is 38.1 Å². The van der Waals surface area contributed by atoms with E-state index in [-0.39, 0.29) is 5.92 Å². The Bertz CT molecular complexity index is 149. The SMILES string of the molecule is CNC1CN(C)CC1C#N. The number of likely N-dealkylation sites (N-methyl/N-ethyl adjacent to an activating group) is 2. The molecule has 0 amide bonds. The van der Waals surface area contributed by atoms with E-state index in [1.54, 1.807) is 0 Å². The minimum atomic E-state index is 0.176. The van der Waals surface area contributed by atoms with Gasteiger partial charge < -0.3 is 10.2 Å². The summed E-state index contributed by atoms with van der Waals surface area (Å²) < 4.78 is 0. The minimum Gasteiger partial charge on any atom is -0.314 e. The van der Waals surface area contributed by atoms with Crippen LogP contribution in [-0.2, 0) is 0 Å². The third-order valence-electron chi connectivity index (χ3n) is 2.04. The first kappa shape index (κ1) is 7.52. The molecule has 0 spiro atoms. The molecular formula is C7H13N3. The summed E-state index contributed by atoms with van der Waals surface area (Å²) >= 11 is 0. The standard InChI is InChI=1S/C7H13N3/c1-9-7-5-10(2)4-6(7)3-8/h6-7,9H,4-5H2,1-2H3. The Labute approximate surface area is 61.6 Å². The minimum absolute atomic E-state index is 0.176. The molecule has 1 N–H and O–H groups in total. The fourth-order valence-corrected chi connectivity index (χ4v) is 1.42. The molecule has 0 aromatic heterocycles. The quantitative estimate of drug-likeness (QED) is 0.540. The highest BCUT2D eigenvalue weighted by Gasteiger charge is 2.28. The topological polar surface area (TPSA) is 39.1 Å². The van der Waals surface area contributed by atoms with Crippen LogP contribution < -0.4 is 5.32 Å². The molecule has 0 aromatic carbocycles. The maximum atomic E-state index is 8.67. The lowest BCUT2D eigenvalue weighted by Gasteiger charge is -2.09. The Morgan fingerprint density at radius 2 is 2.30 bits per heavy atom. The Morgan fingerprint density at radius 1 is 1.60 bits per heavy atom. The second-order valence-corrected chi connectivity index (χ2v) is 2.85. The lowest BCUT2D eigenvalue weighted by atomic mass is 10.1. The molecular weight excluding hydrogens is 126 g/mol. The lowest BCUT2D eigenvalue weighted by molar-refractivity contribution is 0.401. The molecule has 3 heteroatoms. The highest BCUT2D eigenvalue weighted by atomic mass is 15.2. The van der Waals surface area contributed by atoms with Gasteiger partial charge in [-0.05, 0) is 14.1 Å². The molecule has 2 atom stereocenters. The predicted octanol–water partition coefficient (Wildman–Crippen LogP) is -0.340. The number of nitrogens with zero attached hydrogens (tertiary/aromatic N) is 2. The van der Waals surface area contributed by atoms with E-state index < -0.39 is 0 Å². The summed E-state index contributed by atoms with van der Waals surface area (Å²) in [6, 6.07) is 2.66. The van der Waals surface area contributed by atoms with Gasteiger partial charge in [0.1, 0.15) is 0 Å². The van der Waals surface area contributed by atoms with Gasteiger partial charge >= 0.3 is 0 Å². The van der Waals surface area contributed by atoms with E-state index in [0.29, 0.717) is 6.04 Å². The monoisotopic (exact) mass is 139 g/mol. The van der Waals surface area contributed by atoms with Crippen molar-refractivity contribution in [3.63, 3.8) is 0 Å². The van der Waals surface area contributed by atoms with Crippen LogP contribution in [0.1, 0.15) is 0 Å². The highest BCUT2D eigenvalue weighted by molar-refractivity contribution is 4.99. The normalized spacial score (nSPS) is 34.1. The zero-order chi connectivity index (χ0) is 7.56. The molecule has 1 fully saturated rings. The van der Waals surface area contributed by atoms with Gasteiger partial charge in [0, 0.05) is 19.1 Å². The molecule has 56 valence electrons. The first-order valence-electron chi connectivity index (χ1n) is 3.53. The molecule has 1 aliphatic rings. The molecule has 1 rings (SSSR count).